The average Bonchev–Trinajstić information content (AvgIpc) is 3.04. The van der Waals surface area contributed by atoms with Crippen LogP contribution in [0.4, 0.5) is 8.78 Å². The summed E-state index contributed by atoms with van der Waals surface area (Å²) in [6.07, 6.45) is -1.95. The predicted octanol–water partition coefficient (Wildman–Crippen LogP) is 3.15. The Morgan fingerprint density at radius 2 is 2.12 bits per heavy atom. The van der Waals surface area contributed by atoms with E-state index in [4.69, 9.17) is 9.26 Å². The normalized spacial score (nSPS) is 17.9. The van der Waals surface area contributed by atoms with Gasteiger partial charge in [-0.25, -0.2) is 8.78 Å². The van der Waals surface area contributed by atoms with Crippen molar-refractivity contribution < 1.29 is 27.6 Å². The van der Waals surface area contributed by atoms with Crippen LogP contribution in [0.3, 0.4) is 0 Å². The van der Waals surface area contributed by atoms with Gasteiger partial charge in [0, 0.05) is 6.42 Å². The first-order chi connectivity index (χ1) is 12.5. The van der Waals surface area contributed by atoms with E-state index in [1.807, 2.05) is 0 Å². The number of carbonyl (C=O) groups excluding carboxylic acids is 2. The number of piperidine rings is 1. The smallest absolute Gasteiger partial charge is 0.272 e. The highest BCUT2D eigenvalue weighted by Gasteiger charge is 2.32. The molecule has 3 aromatic rings. The standard InChI is InChI=1S/C18H14F2N2O4/c19-14(20)8-25-10-2-3-11-9(7-10)1-5-13-16(11)17(22-26-13)12-4-6-15(23)21-18(12)24/h1-3,5,7,12,14H,4,6,8H2,(H,21,23,24)/t12-/m1/s1. The Labute approximate surface area is 146 Å². The minimum atomic E-state index is -2.55. The van der Waals surface area contributed by atoms with E-state index in [1.165, 1.54) is 0 Å². The molecular weight excluding hydrogens is 346 g/mol. The number of carbonyl (C=O) groups is 2. The summed E-state index contributed by atoms with van der Waals surface area (Å²) >= 11 is 0. The number of aromatic nitrogens is 1. The van der Waals surface area contributed by atoms with E-state index < -0.39 is 24.9 Å². The molecule has 0 saturated carbocycles. The lowest BCUT2D eigenvalue weighted by molar-refractivity contribution is -0.134. The van der Waals surface area contributed by atoms with Gasteiger partial charge in [-0.15, -0.1) is 0 Å². The lowest BCUT2D eigenvalue weighted by atomic mass is 9.91. The second-order valence-corrected chi connectivity index (χ2v) is 6.10. The number of nitrogens with one attached hydrogen (secondary N) is 1. The van der Waals surface area contributed by atoms with Crippen LogP contribution < -0.4 is 10.1 Å². The molecule has 8 heteroatoms. The van der Waals surface area contributed by atoms with Crippen LogP contribution in [0.1, 0.15) is 24.5 Å². The Hall–Kier alpha value is -3.03. The molecule has 2 amide bonds. The minimum Gasteiger partial charge on any atom is -0.488 e. The van der Waals surface area contributed by atoms with Gasteiger partial charge in [-0.1, -0.05) is 11.2 Å². The van der Waals surface area contributed by atoms with Crippen LogP contribution in [-0.4, -0.2) is 30.0 Å². The lowest BCUT2D eigenvalue weighted by Crippen LogP contribution is -2.39. The predicted molar refractivity (Wildman–Crippen MR) is 88.1 cm³/mol. The van der Waals surface area contributed by atoms with Crippen molar-refractivity contribution in [3.05, 3.63) is 36.0 Å². The van der Waals surface area contributed by atoms with Crippen molar-refractivity contribution in [1.82, 2.24) is 10.5 Å². The zero-order chi connectivity index (χ0) is 18.3. The third kappa shape index (κ3) is 2.87. The number of rotatable bonds is 4. The number of nitrogens with zero attached hydrogens (tertiary/aromatic N) is 1. The number of amides is 2. The molecule has 0 aliphatic carbocycles. The van der Waals surface area contributed by atoms with Crippen LogP contribution in [0.25, 0.3) is 21.7 Å². The molecule has 1 saturated heterocycles. The highest BCUT2D eigenvalue weighted by molar-refractivity contribution is 6.10. The summed E-state index contributed by atoms with van der Waals surface area (Å²) < 4.78 is 35.0. The average molecular weight is 360 g/mol. The molecule has 26 heavy (non-hydrogen) atoms. The maximum Gasteiger partial charge on any atom is 0.272 e. The molecule has 6 nitrogen and oxygen atoms in total. The maximum absolute atomic E-state index is 12.3. The van der Waals surface area contributed by atoms with E-state index >= 15 is 0 Å². The van der Waals surface area contributed by atoms with E-state index in [0.29, 0.717) is 28.8 Å². The second-order valence-electron chi connectivity index (χ2n) is 6.10. The summed E-state index contributed by atoms with van der Waals surface area (Å²) in [4.78, 5) is 23.5. The molecule has 1 aliphatic rings. The molecule has 134 valence electrons. The van der Waals surface area contributed by atoms with Crippen LogP contribution in [-0.2, 0) is 9.59 Å². The summed E-state index contributed by atoms with van der Waals surface area (Å²) in [7, 11) is 0. The highest BCUT2D eigenvalue weighted by atomic mass is 19.3. The summed E-state index contributed by atoms with van der Waals surface area (Å²) in [5.74, 6) is -0.944. The first-order valence-corrected chi connectivity index (χ1v) is 8.09. The fourth-order valence-electron chi connectivity index (χ4n) is 3.21. The van der Waals surface area contributed by atoms with E-state index in [9.17, 15) is 18.4 Å². The molecule has 1 N–H and O–H groups in total. The third-order valence-electron chi connectivity index (χ3n) is 4.40. The SMILES string of the molecule is O=C1CC[C@H](c2noc3ccc4cc(OCC(F)F)ccc4c23)C(=O)N1. The zero-order valence-corrected chi connectivity index (χ0v) is 13.5. The summed E-state index contributed by atoms with van der Waals surface area (Å²) in [6, 6.07) is 8.44. The third-order valence-corrected chi connectivity index (χ3v) is 4.40. The van der Waals surface area contributed by atoms with Crippen LogP contribution in [0, 0.1) is 0 Å². The number of benzene rings is 2. The number of fused-ring (bicyclic) bond motifs is 3. The summed E-state index contributed by atoms with van der Waals surface area (Å²) in [5, 5.41) is 8.57. The monoisotopic (exact) mass is 360 g/mol. The number of halogens is 2. The molecule has 2 heterocycles. The van der Waals surface area contributed by atoms with Gasteiger partial charge >= 0.3 is 0 Å². The second kappa shape index (κ2) is 6.36. The molecule has 0 unspecified atom stereocenters. The fourth-order valence-corrected chi connectivity index (χ4v) is 3.21. The molecule has 0 bridgehead atoms. The number of alkyl halides is 2. The van der Waals surface area contributed by atoms with Crippen molar-refractivity contribution in [3.8, 4) is 5.75 Å². The number of hydrogen-bond acceptors (Lipinski definition) is 5. The van der Waals surface area contributed by atoms with Crippen LogP contribution in [0.5, 0.6) is 5.75 Å². The van der Waals surface area contributed by atoms with Gasteiger partial charge < -0.3 is 9.26 Å². The summed E-state index contributed by atoms with van der Waals surface area (Å²) in [5.41, 5.74) is 0.982. The van der Waals surface area contributed by atoms with Crippen LogP contribution in [0.15, 0.2) is 34.9 Å². The summed E-state index contributed by atoms with van der Waals surface area (Å²) in [6.45, 7) is -0.678. The van der Waals surface area contributed by atoms with Gasteiger partial charge in [-0.05, 0) is 41.5 Å². The minimum absolute atomic E-state index is 0.237. The first kappa shape index (κ1) is 16.4. The highest BCUT2D eigenvalue weighted by Crippen LogP contribution is 2.36. The topological polar surface area (TPSA) is 81.4 Å². The van der Waals surface area contributed by atoms with Crippen molar-refractivity contribution in [2.75, 3.05) is 6.61 Å². The molecule has 1 aromatic heterocycles. The molecule has 0 spiro atoms. The number of hydrogen-bond donors (Lipinski definition) is 1. The van der Waals surface area contributed by atoms with Gasteiger partial charge in [0.05, 0.1) is 11.3 Å². The van der Waals surface area contributed by atoms with Crippen molar-refractivity contribution >= 4 is 33.6 Å². The fraction of sp³-hybridized carbons (Fsp3) is 0.278. The number of ether oxygens (including phenoxy) is 1. The van der Waals surface area contributed by atoms with Crippen molar-refractivity contribution in [3.63, 3.8) is 0 Å². The Morgan fingerprint density at radius 3 is 2.88 bits per heavy atom. The molecule has 4 rings (SSSR count). The van der Waals surface area contributed by atoms with Gasteiger partial charge in [0.25, 0.3) is 6.43 Å². The van der Waals surface area contributed by atoms with E-state index in [2.05, 4.69) is 10.5 Å². The molecule has 2 aromatic carbocycles. The molecule has 1 fully saturated rings. The Balaban J connectivity index is 1.78. The Kier molecular flexibility index (Phi) is 4.02. The first-order valence-electron chi connectivity index (χ1n) is 8.09. The largest absolute Gasteiger partial charge is 0.488 e. The van der Waals surface area contributed by atoms with Crippen LogP contribution in [0.2, 0.25) is 0 Å². The van der Waals surface area contributed by atoms with Crippen molar-refractivity contribution in [2.24, 2.45) is 0 Å². The maximum atomic E-state index is 12.3. The lowest BCUT2D eigenvalue weighted by Gasteiger charge is -2.19. The van der Waals surface area contributed by atoms with Gasteiger partial charge in [0.2, 0.25) is 11.8 Å². The molecular formula is C18H14F2N2O4. The number of imide groups is 1. The van der Waals surface area contributed by atoms with Gasteiger partial charge in [-0.3, -0.25) is 14.9 Å². The van der Waals surface area contributed by atoms with Crippen molar-refractivity contribution in [1.29, 1.82) is 0 Å². The van der Waals surface area contributed by atoms with E-state index in [0.717, 1.165) is 10.8 Å². The van der Waals surface area contributed by atoms with Crippen molar-refractivity contribution in [2.45, 2.75) is 25.2 Å². The van der Waals surface area contributed by atoms with E-state index in [1.54, 1.807) is 30.3 Å². The molecule has 1 aliphatic heterocycles. The Bertz CT molecular complexity index is 1020. The van der Waals surface area contributed by atoms with Gasteiger partial charge in [0.1, 0.15) is 18.1 Å². The quantitative estimate of drug-likeness (QED) is 0.723. The molecule has 0 radical (unpaired) electrons. The zero-order valence-electron chi connectivity index (χ0n) is 13.5. The van der Waals surface area contributed by atoms with Gasteiger partial charge in [0.15, 0.2) is 5.58 Å². The van der Waals surface area contributed by atoms with Gasteiger partial charge in [-0.2, -0.15) is 0 Å². The van der Waals surface area contributed by atoms with Crippen LogP contribution >= 0.6 is 0 Å². The molecule has 1 atom stereocenters. The Morgan fingerprint density at radius 1 is 1.27 bits per heavy atom. The van der Waals surface area contributed by atoms with E-state index in [-0.39, 0.29) is 12.3 Å².